The molecule has 4 nitrogen and oxygen atoms in total. The standard InChI is InChI=1S/C18H26N4.HI/c1-14-8-9-16(15(2)11-14)12-20-18(19-3)22(5)13-17-7-6-10-21(17)4;/h6-11H,12-13H2,1-5H3,(H,19,20);1H. The highest BCUT2D eigenvalue weighted by Gasteiger charge is 2.08. The Morgan fingerprint density at radius 3 is 2.57 bits per heavy atom. The van der Waals surface area contributed by atoms with Crippen LogP contribution in [-0.4, -0.2) is 29.5 Å². The largest absolute Gasteiger partial charge is 0.353 e. The van der Waals surface area contributed by atoms with Gasteiger partial charge in [-0.05, 0) is 37.1 Å². The molecule has 0 atom stereocenters. The molecule has 0 saturated heterocycles. The fourth-order valence-electron chi connectivity index (χ4n) is 2.58. The molecule has 1 aromatic heterocycles. The number of benzene rings is 1. The highest BCUT2D eigenvalue weighted by Crippen LogP contribution is 2.10. The van der Waals surface area contributed by atoms with E-state index >= 15 is 0 Å². The number of hydrogen-bond acceptors (Lipinski definition) is 1. The lowest BCUT2D eigenvalue weighted by molar-refractivity contribution is 0.461. The van der Waals surface area contributed by atoms with E-state index in [1.165, 1.54) is 22.4 Å². The third-order valence-electron chi connectivity index (χ3n) is 3.96. The van der Waals surface area contributed by atoms with E-state index < -0.39 is 0 Å². The van der Waals surface area contributed by atoms with E-state index in [0.29, 0.717) is 0 Å². The van der Waals surface area contributed by atoms with Crippen molar-refractivity contribution in [2.75, 3.05) is 14.1 Å². The highest BCUT2D eigenvalue weighted by atomic mass is 127. The van der Waals surface area contributed by atoms with Crippen LogP contribution in [0.25, 0.3) is 0 Å². The molecule has 0 aliphatic heterocycles. The summed E-state index contributed by atoms with van der Waals surface area (Å²) in [5.41, 5.74) is 5.18. The molecule has 0 amide bonds. The molecule has 0 bridgehead atoms. The minimum atomic E-state index is 0. The fourth-order valence-corrected chi connectivity index (χ4v) is 2.58. The summed E-state index contributed by atoms with van der Waals surface area (Å²) >= 11 is 0. The molecule has 5 heteroatoms. The zero-order valence-electron chi connectivity index (χ0n) is 14.6. The lowest BCUT2D eigenvalue weighted by Crippen LogP contribution is -2.38. The number of aliphatic imine (C=N–C) groups is 1. The molecular formula is C18H27IN4. The number of aryl methyl sites for hydroxylation is 3. The van der Waals surface area contributed by atoms with Crippen LogP contribution in [0.3, 0.4) is 0 Å². The Hall–Kier alpha value is -1.50. The Balaban J connectivity index is 0.00000264. The highest BCUT2D eigenvalue weighted by molar-refractivity contribution is 14.0. The molecule has 0 saturated carbocycles. The summed E-state index contributed by atoms with van der Waals surface area (Å²) in [7, 11) is 5.95. The summed E-state index contributed by atoms with van der Waals surface area (Å²) in [6.45, 7) is 5.89. The number of halogens is 1. The number of hydrogen-bond donors (Lipinski definition) is 1. The molecule has 1 heterocycles. The third kappa shape index (κ3) is 5.27. The van der Waals surface area contributed by atoms with Gasteiger partial charge >= 0.3 is 0 Å². The van der Waals surface area contributed by atoms with Crippen LogP contribution in [0.4, 0.5) is 0 Å². The average Bonchev–Trinajstić information content (AvgIpc) is 2.87. The maximum absolute atomic E-state index is 4.38. The van der Waals surface area contributed by atoms with Crippen molar-refractivity contribution in [3.8, 4) is 0 Å². The van der Waals surface area contributed by atoms with Crippen LogP contribution < -0.4 is 5.32 Å². The van der Waals surface area contributed by atoms with E-state index in [2.05, 4.69) is 84.2 Å². The topological polar surface area (TPSA) is 32.6 Å². The predicted octanol–water partition coefficient (Wildman–Crippen LogP) is 3.47. The summed E-state index contributed by atoms with van der Waals surface area (Å²) in [6.07, 6.45) is 2.06. The summed E-state index contributed by atoms with van der Waals surface area (Å²) in [5, 5.41) is 3.44. The summed E-state index contributed by atoms with van der Waals surface area (Å²) in [6, 6.07) is 10.7. The van der Waals surface area contributed by atoms with Crippen molar-refractivity contribution >= 4 is 29.9 Å². The Kier molecular flexibility index (Phi) is 7.61. The van der Waals surface area contributed by atoms with Crippen LogP contribution >= 0.6 is 24.0 Å². The van der Waals surface area contributed by atoms with Crippen molar-refractivity contribution < 1.29 is 0 Å². The van der Waals surface area contributed by atoms with Gasteiger partial charge in [0, 0.05) is 39.6 Å². The van der Waals surface area contributed by atoms with Gasteiger partial charge in [0.05, 0.1) is 6.54 Å². The molecule has 0 fully saturated rings. The number of nitrogens with one attached hydrogen (secondary N) is 1. The molecule has 1 N–H and O–H groups in total. The van der Waals surface area contributed by atoms with E-state index in [4.69, 9.17) is 0 Å². The lowest BCUT2D eigenvalue weighted by Gasteiger charge is -2.22. The zero-order chi connectivity index (χ0) is 16.1. The smallest absolute Gasteiger partial charge is 0.194 e. The molecular weight excluding hydrogens is 399 g/mol. The van der Waals surface area contributed by atoms with Gasteiger partial charge in [-0.2, -0.15) is 0 Å². The maximum Gasteiger partial charge on any atom is 0.194 e. The Labute approximate surface area is 156 Å². The minimum Gasteiger partial charge on any atom is -0.353 e. The molecule has 0 radical (unpaired) electrons. The number of aromatic nitrogens is 1. The van der Waals surface area contributed by atoms with Crippen LogP contribution in [0.1, 0.15) is 22.4 Å². The van der Waals surface area contributed by atoms with Gasteiger partial charge in [0.25, 0.3) is 0 Å². The number of guanidine groups is 1. The number of rotatable bonds is 4. The first-order valence-corrected chi connectivity index (χ1v) is 7.59. The van der Waals surface area contributed by atoms with Gasteiger partial charge in [0.15, 0.2) is 5.96 Å². The van der Waals surface area contributed by atoms with Crippen molar-refractivity contribution in [2.45, 2.75) is 26.9 Å². The normalized spacial score (nSPS) is 11.1. The van der Waals surface area contributed by atoms with Crippen LogP contribution in [0.2, 0.25) is 0 Å². The average molecular weight is 426 g/mol. The molecule has 2 rings (SSSR count). The van der Waals surface area contributed by atoms with Crippen LogP contribution in [-0.2, 0) is 20.1 Å². The Morgan fingerprint density at radius 2 is 2.00 bits per heavy atom. The van der Waals surface area contributed by atoms with E-state index in [1.54, 1.807) is 0 Å². The molecule has 0 spiro atoms. The second-order valence-corrected chi connectivity index (χ2v) is 5.80. The van der Waals surface area contributed by atoms with E-state index in [-0.39, 0.29) is 24.0 Å². The van der Waals surface area contributed by atoms with E-state index in [9.17, 15) is 0 Å². The van der Waals surface area contributed by atoms with E-state index in [1.807, 2.05) is 7.05 Å². The van der Waals surface area contributed by atoms with Crippen molar-refractivity contribution in [3.63, 3.8) is 0 Å². The second kappa shape index (κ2) is 8.96. The molecule has 0 unspecified atom stereocenters. The monoisotopic (exact) mass is 426 g/mol. The summed E-state index contributed by atoms with van der Waals surface area (Å²) < 4.78 is 2.13. The van der Waals surface area contributed by atoms with Crippen LogP contribution in [0, 0.1) is 13.8 Å². The molecule has 2 aromatic rings. The van der Waals surface area contributed by atoms with Crippen molar-refractivity contribution in [1.29, 1.82) is 0 Å². The zero-order valence-corrected chi connectivity index (χ0v) is 17.0. The van der Waals surface area contributed by atoms with Gasteiger partial charge in [-0.25, -0.2) is 0 Å². The molecule has 0 aliphatic carbocycles. The SMILES string of the molecule is CN=C(NCc1ccc(C)cc1C)N(C)Cc1cccn1C.I. The van der Waals surface area contributed by atoms with Gasteiger partial charge in [0.1, 0.15) is 0 Å². The Morgan fingerprint density at radius 1 is 1.26 bits per heavy atom. The number of nitrogens with zero attached hydrogens (tertiary/aromatic N) is 3. The first kappa shape index (κ1) is 19.5. The maximum atomic E-state index is 4.38. The lowest BCUT2D eigenvalue weighted by atomic mass is 10.1. The van der Waals surface area contributed by atoms with Crippen molar-refractivity contribution in [2.24, 2.45) is 12.0 Å². The van der Waals surface area contributed by atoms with E-state index in [0.717, 1.165) is 19.0 Å². The van der Waals surface area contributed by atoms with Gasteiger partial charge in [-0.15, -0.1) is 24.0 Å². The first-order chi connectivity index (χ1) is 10.5. The molecule has 126 valence electrons. The van der Waals surface area contributed by atoms with Gasteiger partial charge < -0.3 is 14.8 Å². The van der Waals surface area contributed by atoms with Gasteiger partial charge in [0.2, 0.25) is 0 Å². The van der Waals surface area contributed by atoms with Gasteiger partial charge in [-0.1, -0.05) is 23.8 Å². The summed E-state index contributed by atoms with van der Waals surface area (Å²) in [4.78, 5) is 6.52. The van der Waals surface area contributed by atoms with Crippen LogP contribution in [0.15, 0.2) is 41.5 Å². The quantitative estimate of drug-likeness (QED) is 0.462. The predicted molar refractivity (Wildman–Crippen MR) is 108 cm³/mol. The Bertz CT molecular complexity index is 661. The van der Waals surface area contributed by atoms with Gasteiger partial charge in [-0.3, -0.25) is 4.99 Å². The van der Waals surface area contributed by atoms with Crippen LogP contribution in [0.5, 0.6) is 0 Å². The van der Waals surface area contributed by atoms with Crippen molar-refractivity contribution in [1.82, 2.24) is 14.8 Å². The van der Waals surface area contributed by atoms with Crippen molar-refractivity contribution in [3.05, 3.63) is 58.9 Å². The molecule has 1 aromatic carbocycles. The fraction of sp³-hybridized carbons (Fsp3) is 0.389. The third-order valence-corrected chi connectivity index (χ3v) is 3.96. The minimum absolute atomic E-state index is 0. The summed E-state index contributed by atoms with van der Waals surface area (Å²) in [5.74, 6) is 0.904. The molecule has 23 heavy (non-hydrogen) atoms. The molecule has 0 aliphatic rings. The second-order valence-electron chi connectivity index (χ2n) is 5.80. The first-order valence-electron chi connectivity index (χ1n) is 7.59.